The Balaban J connectivity index is 2.26. The van der Waals surface area contributed by atoms with Crippen LogP contribution in [0.15, 0.2) is 18.2 Å². The molecule has 1 aromatic carbocycles. The molecule has 1 aliphatic rings. The van der Waals surface area contributed by atoms with Gasteiger partial charge in [0.25, 0.3) is 5.91 Å². The highest BCUT2D eigenvalue weighted by Crippen LogP contribution is 2.36. The second-order valence-electron chi connectivity index (χ2n) is 6.86. The maximum Gasteiger partial charge on any atom is 0.335 e. The van der Waals surface area contributed by atoms with Crippen LogP contribution in [0.3, 0.4) is 0 Å². The molecule has 5 nitrogen and oxygen atoms in total. The number of benzene rings is 1. The van der Waals surface area contributed by atoms with Crippen molar-refractivity contribution in [2.45, 2.75) is 25.8 Å². The molecule has 0 bridgehead atoms. The molecule has 126 valence electrons. The summed E-state index contributed by atoms with van der Waals surface area (Å²) in [5.74, 6) is -0.810. The summed E-state index contributed by atoms with van der Waals surface area (Å²) in [4.78, 5) is 27.8. The Hall–Kier alpha value is -1.59. The normalized spacial score (nSPS) is 20.1. The monoisotopic (exact) mass is 338 g/mol. The Bertz CT molecular complexity index is 628. The number of carboxylic acid groups (broad SMARTS) is 1. The smallest absolute Gasteiger partial charge is 0.335 e. The standard InChI is InChI=1S/C17H23ClN2O3/c1-17(2)12(10-19(3)4)7-8-20(17)15(21)13-6-5-11(16(22)23)9-14(13)18/h5-6,9,12H,7-8,10H2,1-4H3,(H,22,23). The van der Waals surface area contributed by atoms with E-state index in [1.54, 1.807) is 0 Å². The van der Waals surface area contributed by atoms with E-state index in [-0.39, 0.29) is 22.0 Å². The third-order valence-corrected chi connectivity index (χ3v) is 4.99. The zero-order valence-corrected chi connectivity index (χ0v) is 14.7. The van der Waals surface area contributed by atoms with E-state index in [4.69, 9.17) is 16.7 Å². The molecule has 0 aromatic heterocycles. The number of halogens is 1. The van der Waals surface area contributed by atoms with Crippen LogP contribution in [0.2, 0.25) is 5.02 Å². The lowest BCUT2D eigenvalue weighted by atomic mass is 9.87. The van der Waals surface area contributed by atoms with E-state index < -0.39 is 5.97 Å². The first kappa shape index (κ1) is 17.8. The van der Waals surface area contributed by atoms with Crippen molar-refractivity contribution in [1.82, 2.24) is 9.80 Å². The molecule has 1 aromatic rings. The summed E-state index contributed by atoms with van der Waals surface area (Å²) >= 11 is 6.14. The van der Waals surface area contributed by atoms with Crippen LogP contribution in [0.5, 0.6) is 0 Å². The topological polar surface area (TPSA) is 60.9 Å². The molecule has 6 heteroatoms. The van der Waals surface area contributed by atoms with Crippen LogP contribution in [-0.4, -0.2) is 59.5 Å². The van der Waals surface area contributed by atoms with E-state index in [0.29, 0.717) is 18.0 Å². The van der Waals surface area contributed by atoms with Crippen LogP contribution in [0.4, 0.5) is 0 Å². The molecule has 1 heterocycles. The molecule has 1 amide bonds. The van der Waals surface area contributed by atoms with Crippen molar-refractivity contribution in [3.63, 3.8) is 0 Å². The van der Waals surface area contributed by atoms with Crippen molar-refractivity contribution in [3.8, 4) is 0 Å². The number of carbonyl (C=O) groups is 2. The first-order chi connectivity index (χ1) is 10.6. The van der Waals surface area contributed by atoms with Crippen LogP contribution < -0.4 is 0 Å². The molecule has 1 saturated heterocycles. The average molecular weight is 339 g/mol. The predicted molar refractivity (Wildman–Crippen MR) is 90.2 cm³/mol. The summed E-state index contributed by atoms with van der Waals surface area (Å²) < 4.78 is 0. The summed E-state index contributed by atoms with van der Waals surface area (Å²) in [6, 6.07) is 4.25. The fourth-order valence-corrected chi connectivity index (χ4v) is 3.49. The van der Waals surface area contributed by atoms with Crippen molar-refractivity contribution in [2.24, 2.45) is 5.92 Å². The fourth-order valence-electron chi connectivity index (χ4n) is 3.23. The van der Waals surface area contributed by atoms with E-state index >= 15 is 0 Å². The maximum atomic E-state index is 12.9. The van der Waals surface area contributed by atoms with Gasteiger partial charge in [-0.1, -0.05) is 11.6 Å². The number of likely N-dealkylation sites (tertiary alicyclic amines) is 1. The minimum absolute atomic E-state index is 0.0812. The van der Waals surface area contributed by atoms with Crippen LogP contribution in [0.1, 0.15) is 41.0 Å². The first-order valence-electron chi connectivity index (χ1n) is 7.64. The number of carboxylic acids is 1. The van der Waals surface area contributed by atoms with Crippen molar-refractivity contribution in [1.29, 1.82) is 0 Å². The van der Waals surface area contributed by atoms with Gasteiger partial charge in [-0.25, -0.2) is 4.79 Å². The van der Waals surface area contributed by atoms with Gasteiger partial charge in [0.05, 0.1) is 16.1 Å². The molecule has 1 unspecified atom stereocenters. The SMILES string of the molecule is CN(C)CC1CCN(C(=O)c2ccc(C(=O)O)cc2Cl)C1(C)C. The summed E-state index contributed by atoms with van der Waals surface area (Å²) in [7, 11) is 4.06. The Morgan fingerprint density at radius 2 is 2.04 bits per heavy atom. The molecule has 1 aliphatic heterocycles. The average Bonchev–Trinajstić information content (AvgIpc) is 2.72. The maximum absolute atomic E-state index is 12.9. The largest absolute Gasteiger partial charge is 0.478 e. The van der Waals surface area contributed by atoms with Gasteiger partial charge < -0.3 is 14.9 Å². The Morgan fingerprint density at radius 1 is 1.39 bits per heavy atom. The van der Waals surface area contributed by atoms with E-state index in [1.807, 2.05) is 19.0 Å². The molecule has 1 N–H and O–H groups in total. The van der Waals surface area contributed by atoms with E-state index in [9.17, 15) is 9.59 Å². The van der Waals surface area contributed by atoms with E-state index in [2.05, 4.69) is 18.7 Å². The van der Waals surface area contributed by atoms with Gasteiger partial charge in [0.2, 0.25) is 0 Å². The molecule has 23 heavy (non-hydrogen) atoms. The summed E-state index contributed by atoms with van der Waals surface area (Å²) in [6.45, 7) is 5.75. The Kier molecular flexibility index (Phi) is 5.01. The number of carbonyl (C=O) groups excluding carboxylic acids is 1. The highest BCUT2D eigenvalue weighted by Gasteiger charge is 2.44. The molecular weight excluding hydrogens is 316 g/mol. The number of amides is 1. The number of hydrogen-bond donors (Lipinski definition) is 1. The van der Waals surface area contributed by atoms with Crippen LogP contribution >= 0.6 is 11.6 Å². The van der Waals surface area contributed by atoms with Gasteiger partial charge in [0.15, 0.2) is 0 Å². The van der Waals surface area contributed by atoms with Gasteiger partial charge in [-0.2, -0.15) is 0 Å². The predicted octanol–water partition coefficient (Wildman–Crippen LogP) is 2.84. The summed E-state index contributed by atoms with van der Waals surface area (Å²) in [6.07, 6.45) is 0.946. The molecule has 0 spiro atoms. The Morgan fingerprint density at radius 3 is 2.57 bits per heavy atom. The van der Waals surface area contributed by atoms with Crippen molar-refractivity contribution < 1.29 is 14.7 Å². The lowest BCUT2D eigenvalue weighted by Crippen LogP contribution is -2.48. The van der Waals surface area contributed by atoms with Crippen LogP contribution in [0, 0.1) is 5.92 Å². The van der Waals surface area contributed by atoms with Crippen LogP contribution in [-0.2, 0) is 0 Å². The minimum atomic E-state index is -1.06. The summed E-state index contributed by atoms with van der Waals surface area (Å²) in [5, 5.41) is 9.18. The quantitative estimate of drug-likeness (QED) is 0.917. The first-order valence-corrected chi connectivity index (χ1v) is 8.02. The third-order valence-electron chi connectivity index (χ3n) is 4.67. The van der Waals surface area contributed by atoms with Gasteiger partial charge in [0, 0.05) is 18.6 Å². The van der Waals surface area contributed by atoms with Gasteiger partial charge in [-0.15, -0.1) is 0 Å². The van der Waals surface area contributed by atoms with Crippen LogP contribution in [0.25, 0.3) is 0 Å². The second kappa shape index (κ2) is 6.49. The third kappa shape index (κ3) is 3.51. The zero-order valence-electron chi connectivity index (χ0n) is 14.0. The molecule has 0 saturated carbocycles. The minimum Gasteiger partial charge on any atom is -0.478 e. The molecule has 2 rings (SSSR count). The zero-order chi connectivity index (χ0) is 17.4. The molecular formula is C17H23ClN2O3. The van der Waals surface area contributed by atoms with Gasteiger partial charge in [0.1, 0.15) is 0 Å². The highest BCUT2D eigenvalue weighted by molar-refractivity contribution is 6.34. The highest BCUT2D eigenvalue weighted by atomic mass is 35.5. The second-order valence-corrected chi connectivity index (χ2v) is 7.27. The number of nitrogens with zero attached hydrogens (tertiary/aromatic N) is 2. The molecule has 1 atom stereocenters. The van der Waals surface area contributed by atoms with Gasteiger partial charge >= 0.3 is 5.97 Å². The van der Waals surface area contributed by atoms with Gasteiger partial charge in [-0.05, 0) is 58.5 Å². The van der Waals surface area contributed by atoms with Crippen molar-refractivity contribution in [2.75, 3.05) is 27.2 Å². The van der Waals surface area contributed by atoms with Crippen molar-refractivity contribution in [3.05, 3.63) is 34.3 Å². The summed E-state index contributed by atoms with van der Waals surface area (Å²) in [5.41, 5.74) is 0.170. The fraction of sp³-hybridized carbons (Fsp3) is 0.529. The Labute approximate surface area is 141 Å². The van der Waals surface area contributed by atoms with E-state index in [0.717, 1.165) is 13.0 Å². The molecule has 0 aliphatic carbocycles. The molecule has 1 fully saturated rings. The van der Waals surface area contributed by atoms with Crippen molar-refractivity contribution >= 4 is 23.5 Å². The van der Waals surface area contributed by atoms with E-state index in [1.165, 1.54) is 18.2 Å². The number of aromatic carboxylic acids is 1. The number of hydrogen-bond acceptors (Lipinski definition) is 3. The lowest BCUT2D eigenvalue weighted by molar-refractivity contribution is 0.0582. The number of rotatable bonds is 4. The lowest BCUT2D eigenvalue weighted by Gasteiger charge is -2.37. The molecule has 0 radical (unpaired) electrons. The van der Waals surface area contributed by atoms with Gasteiger partial charge in [-0.3, -0.25) is 4.79 Å².